The van der Waals surface area contributed by atoms with Gasteiger partial charge in [-0.2, -0.15) is 0 Å². The molecule has 0 heterocycles. The van der Waals surface area contributed by atoms with Gasteiger partial charge in [0.25, 0.3) is 0 Å². The van der Waals surface area contributed by atoms with Gasteiger partial charge < -0.3 is 15.8 Å². The zero-order chi connectivity index (χ0) is 15.1. The average Bonchev–Trinajstić information content (AvgIpc) is 2.46. The summed E-state index contributed by atoms with van der Waals surface area (Å²) in [6.45, 7) is 0. The van der Waals surface area contributed by atoms with Crippen LogP contribution in [0.2, 0.25) is 0 Å². The van der Waals surface area contributed by atoms with Crippen molar-refractivity contribution in [2.75, 3.05) is 5.32 Å². The van der Waals surface area contributed by atoms with Crippen molar-refractivity contribution in [2.24, 2.45) is 5.73 Å². The Morgan fingerprint density at radius 1 is 1.14 bits per heavy atom. The quantitative estimate of drug-likeness (QED) is 0.340. The molecule has 2 aromatic rings. The van der Waals surface area contributed by atoms with Crippen LogP contribution < -0.4 is 15.8 Å². The van der Waals surface area contributed by atoms with Crippen LogP contribution >= 0.6 is 0 Å². The Morgan fingerprint density at radius 2 is 1.90 bits per heavy atom. The van der Waals surface area contributed by atoms with Crippen LogP contribution in [0.1, 0.15) is 12.0 Å². The lowest BCUT2D eigenvalue weighted by Crippen LogP contribution is -2.20. The summed E-state index contributed by atoms with van der Waals surface area (Å²) in [5.41, 5.74) is 6.99. The molecular weight excluding hydrogens is 266 g/mol. The number of guanidine groups is 1. The molecule has 2 rings (SSSR count). The number of ether oxygens (including phenoxy) is 1. The molecule has 5 nitrogen and oxygen atoms in total. The lowest BCUT2D eigenvalue weighted by molar-refractivity contribution is -0.134. The minimum absolute atomic E-state index is 0.115. The summed E-state index contributed by atoms with van der Waals surface area (Å²) in [6, 6.07) is 16.4. The molecular formula is C16H17N3O2. The molecule has 2 aromatic carbocycles. The normalized spacial score (nSPS) is 9.90. The zero-order valence-electron chi connectivity index (χ0n) is 11.5. The number of hydrogen-bond acceptors (Lipinski definition) is 3. The molecule has 0 fully saturated rings. The van der Waals surface area contributed by atoms with E-state index in [0.29, 0.717) is 18.6 Å². The molecule has 0 aliphatic rings. The molecule has 0 amide bonds. The minimum atomic E-state index is -0.272. The Bertz CT molecular complexity index is 626. The fraction of sp³-hybridized carbons (Fsp3) is 0.125. The van der Waals surface area contributed by atoms with E-state index in [0.717, 1.165) is 11.3 Å². The lowest BCUT2D eigenvalue weighted by atomic mass is 10.1. The van der Waals surface area contributed by atoms with Crippen LogP contribution in [0.25, 0.3) is 0 Å². The van der Waals surface area contributed by atoms with Gasteiger partial charge in [0, 0.05) is 12.1 Å². The summed E-state index contributed by atoms with van der Waals surface area (Å²) in [5, 5.41) is 9.91. The number of carbonyl (C=O) groups is 1. The van der Waals surface area contributed by atoms with E-state index >= 15 is 0 Å². The molecule has 21 heavy (non-hydrogen) atoms. The molecule has 108 valence electrons. The van der Waals surface area contributed by atoms with Crippen LogP contribution in [0.15, 0.2) is 54.6 Å². The number of hydrogen-bond donors (Lipinski definition) is 3. The topological polar surface area (TPSA) is 88.2 Å². The van der Waals surface area contributed by atoms with Crippen molar-refractivity contribution in [1.29, 1.82) is 5.41 Å². The van der Waals surface area contributed by atoms with Gasteiger partial charge in [0.05, 0.1) is 0 Å². The van der Waals surface area contributed by atoms with Crippen LogP contribution in [0.3, 0.4) is 0 Å². The minimum Gasteiger partial charge on any atom is -0.427 e. The molecule has 0 saturated heterocycles. The molecule has 0 radical (unpaired) electrons. The first kappa shape index (κ1) is 14.6. The van der Waals surface area contributed by atoms with Crippen molar-refractivity contribution in [3.63, 3.8) is 0 Å². The first-order valence-corrected chi connectivity index (χ1v) is 6.59. The number of carbonyl (C=O) groups excluding carboxylic acids is 1. The van der Waals surface area contributed by atoms with Crippen LogP contribution in [-0.4, -0.2) is 11.9 Å². The number of aryl methyl sites for hydroxylation is 1. The van der Waals surface area contributed by atoms with Crippen molar-refractivity contribution in [3.05, 3.63) is 60.2 Å². The Balaban J connectivity index is 1.88. The van der Waals surface area contributed by atoms with Crippen molar-refractivity contribution in [1.82, 2.24) is 0 Å². The smallest absolute Gasteiger partial charge is 0.311 e. The van der Waals surface area contributed by atoms with E-state index in [2.05, 4.69) is 5.32 Å². The fourth-order valence-corrected chi connectivity index (χ4v) is 1.88. The van der Waals surface area contributed by atoms with E-state index < -0.39 is 0 Å². The molecule has 0 unspecified atom stereocenters. The van der Waals surface area contributed by atoms with Gasteiger partial charge in [-0.1, -0.05) is 30.3 Å². The summed E-state index contributed by atoms with van der Waals surface area (Å²) in [7, 11) is 0. The van der Waals surface area contributed by atoms with Crippen molar-refractivity contribution in [3.8, 4) is 5.75 Å². The van der Waals surface area contributed by atoms with Crippen LogP contribution in [0.5, 0.6) is 5.75 Å². The number of esters is 1. The largest absolute Gasteiger partial charge is 0.427 e. The second-order valence-electron chi connectivity index (χ2n) is 4.53. The number of benzene rings is 2. The number of para-hydroxylation sites is 1. The number of nitrogens with one attached hydrogen (secondary N) is 2. The molecule has 4 N–H and O–H groups in total. The SMILES string of the molecule is N=C(N)Nc1cccc(CCC(=O)Oc2ccccc2)c1. The van der Waals surface area contributed by atoms with Gasteiger partial charge in [0.2, 0.25) is 0 Å². The molecule has 0 saturated carbocycles. The van der Waals surface area contributed by atoms with Crippen LogP contribution in [0.4, 0.5) is 5.69 Å². The second kappa shape index (κ2) is 7.09. The summed E-state index contributed by atoms with van der Waals surface area (Å²) in [5.74, 6) is 0.163. The van der Waals surface area contributed by atoms with Gasteiger partial charge >= 0.3 is 5.97 Å². The predicted molar refractivity (Wildman–Crippen MR) is 82.4 cm³/mol. The molecule has 0 atom stereocenters. The second-order valence-corrected chi connectivity index (χ2v) is 4.53. The Kier molecular flexibility index (Phi) is 4.93. The third-order valence-corrected chi connectivity index (χ3v) is 2.80. The number of nitrogens with two attached hydrogens (primary N) is 1. The van der Waals surface area contributed by atoms with E-state index in [9.17, 15) is 4.79 Å². The lowest BCUT2D eigenvalue weighted by Gasteiger charge is -2.07. The molecule has 0 bridgehead atoms. The maximum atomic E-state index is 11.8. The highest BCUT2D eigenvalue weighted by molar-refractivity contribution is 5.89. The Morgan fingerprint density at radius 3 is 2.62 bits per heavy atom. The molecule has 0 aromatic heterocycles. The standard InChI is InChI=1S/C16H17N3O2/c17-16(18)19-13-6-4-5-12(11-13)9-10-15(20)21-14-7-2-1-3-8-14/h1-8,11H,9-10H2,(H4,17,18,19). The van der Waals surface area contributed by atoms with Crippen LogP contribution in [0, 0.1) is 5.41 Å². The third-order valence-electron chi connectivity index (χ3n) is 2.80. The molecule has 0 spiro atoms. The van der Waals surface area contributed by atoms with Gasteiger partial charge in [0.1, 0.15) is 5.75 Å². The summed E-state index contributed by atoms with van der Waals surface area (Å²) < 4.78 is 5.22. The first-order valence-electron chi connectivity index (χ1n) is 6.59. The van der Waals surface area contributed by atoms with E-state index in [1.165, 1.54) is 0 Å². The Labute approximate surface area is 123 Å². The van der Waals surface area contributed by atoms with Gasteiger partial charge in [-0.25, -0.2) is 0 Å². The summed E-state index contributed by atoms with van der Waals surface area (Å²) in [4.78, 5) is 11.8. The van der Waals surface area contributed by atoms with Gasteiger partial charge in [0.15, 0.2) is 5.96 Å². The summed E-state index contributed by atoms with van der Waals surface area (Å²) >= 11 is 0. The maximum absolute atomic E-state index is 11.8. The van der Waals surface area contributed by atoms with Gasteiger partial charge in [-0.05, 0) is 36.2 Å². The monoisotopic (exact) mass is 283 g/mol. The first-order chi connectivity index (χ1) is 10.1. The van der Waals surface area contributed by atoms with E-state index in [4.69, 9.17) is 15.9 Å². The maximum Gasteiger partial charge on any atom is 0.311 e. The zero-order valence-corrected chi connectivity index (χ0v) is 11.5. The molecule has 0 aliphatic heterocycles. The fourth-order valence-electron chi connectivity index (χ4n) is 1.88. The van der Waals surface area contributed by atoms with E-state index in [1.54, 1.807) is 12.1 Å². The summed E-state index contributed by atoms with van der Waals surface area (Å²) in [6.07, 6.45) is 0.859. The highest BCUT2D eigenvalue weighted by Gasteiger charge is 2.05. The van der Waals surface area contributed by atoms with Gasteiger partial charge in [-0.15, -0.1) is 0 Å². The van der Waals surface area contributed by atoms with Crippen molar-refractivity contribution in [2.45, 2.75) is 12.8 Å². The third kappa shape index (κ3) is 4.99. The average molecular weight is 283 g/mol. The molecule has 5 heteroatoms. The van der Waals surface area contributed by atoms with Crippen molar-refractivity contribution < 1.29 is 9.53 Å². The number of anilines is 1. The van der Waals surface area contributed by atoms with Crippen molar-refractivity contribution >= 4 is 17.6 Å². The van der Waals surface area contributed by atoms with Crippen LogP contribution in [-0.2, 0) is 11.2 Å². The van der Waals surface area contributed by atoms with E-state index in [1.807, 2.05) is 42.5 Å². The van der Waals surface area contributed by atoms with E-state index in [-0.39, 0.29) is 11.9 Å². The highest BCUT2D eigenvalue weighted by atomic mass is 16.5. The highest BCUT2D eigenvalue weighted by Crippen LogP contribution is 2.14. The van der Waals surface area contributed by atoms with Gasteiger partial charge in [-0.3, -0.25) is 10.2 Å². The Hall–Kier alpha value is -2.82. The predicted octanol–water partition coefficient (Wildman–Crippen LogP) is 2.53. The molecule has 0 aliphatic carbocycles. The number of rotatable bonds is 5.